The van der Waals surface area contributed by atoms with Gasteiger partial charge in [0.25, 0.3) is 5.91 Å². The summed E-state index contributed by atoms with van der Waals surface area (Å²) in [4.78, 5) is 11.8. The van der Waals surface area contributed by atoms with Crippen molar-refractivity contribution in [2.75, 3.05) is 11.9 Å². The SMILES string of the molecule is CC[C@H](C)c1ccc(OCC(=O)Nc2ccc(Br)cc2F)cc1. The normalized spacial score (nSPS) is 11.8. The summed E-state index contributed by atoms with van der Waals surface area (Å²) in [6, 6.07) is 12.1. The molecule has 0 spiro atoms. The predicted octanol–water partition coefficient (Wildman–Crippen LogP) is 5.12. The van der Waals surface area contributed by atoms with E-state index in [1.807, 2.05) is 24.3 Å². The predicted molar refractivity (Wildman–Crippen MR) is 93.4 cm³/mol. The van der Waals surface area contributed by atoms with Gasteiger partial charge < -0.3 is 10.1 Å². The zero-order valence-corrected chi connectivity index (χ0v) is 14.7. The quantitative estimate of drug-likeness (QED) is 0.756. The Hall–Kier alpha value is -1.88. The minimum atomic E-state index is -0.495. The summed E-state index contributed by atoms with van der Waals surface area (Å²) < 4.78 is 19.7. The van der Waals surface area contributed by atoms with Crippen LogP contribution in [0.5, 0.6) is 5.75 Å². The first kappa shape index (κ1) is 17.5. The lowest BCUT2D eigenvalue weighted by molar-refractivity contribution is -0.118. The van der Waals surface area contributed by atoms with Gasteiger partial charge in [0.05, 0.1) is 5.69 Å². The largest absolute Gasteiger partial charge is 0.484 e. The van der Waals surface area contributed by atoms with E-state index >= 15 is 0 Å². The number of carbonyl (C=O) groups is 1. The molecular formula is C18H19BrFNO2. The Kier molecular flexibility index (Phi) is 6.16. The maximum absolute atomic E-state index is 13.6. The lowest BCUT2D eigenvalue weighted by atomic mass is 9.99. The summed E-state index contributed by atoms with van der Waals surface area (Å²) in [6.45, 7) is 4.13. The number of ether oxygens (including phenoxy) is 1. The van der Waals surface area contributed by atoms with Crippen LogP contribution in [0.4, 0.5) is 10.1 Å². The number of amides is 1. The van der Waals surface area contributed by atoms with Crippen molar-refractivity contribution in [1.82, 2.24) is 0 Å². The van der Waals surface area contributed by atoms with Crippen LogP contribution in [-0.4, -0.2) is 12.5 Å². The van der Waals surface area contributed by atoms with E-state index < -0.39 is 11.7 Å². The highest BCUT2D eigenvalue weighted by Crippen LogP contribution is 2.22. The first-order valence-corrected chi connectivity index (χ1v) is 8.26. The summed E-state index contributed by atoms with van der Waals surface area (Å²) in [7, 11) is 0. The first-order chi connectivity index (χ1) is 11.0. The highest BCUT2D eigenvalue weighted by Gasteiger charge is 2.09. The molecule has 0 radical (unpaired) electrons. The van der Waals surface area contributed by atoms with E-state index in [1.165, 1.54) is 17.7 Å². The van der Waals surface area contributed by atoms with Gasteiger partial charge in [-0.25, -0.2) is 4.39 Å². The van der Waals surface area contributed by atoms with Gasteiger partial charge in [0.2, 0.25) is 0 Å². The highest BCUT2D eigenvalue weighted by molar-refractivity contribution is 9.10. The van der Waals surface area contributed by atoms with Gasteiger partial charge >= 0.3 is 0 Å². The minimum Gasteiger partial charge on any atom is -0.484 e. The molecular weight excluding hydrogens is 361 g/mol. The van der Waals surface area contributed by atoms with E-state index in [9.17, 15) is 9.18 Å². The number of halogens is 2. The van der Waals surface area contributed by atoms with Crippen LogP contribution in [-0.2, 0) is 4.79 Å². The molecule has 0 aliphatic heterocycles. The highest BCUT2D eigenvalue weighted by atomic mass is 79.9. The Morgan fingerprint density at radius 3 is 2.57 bits per heavy atom. The lowest BCUT2D eigenvalue weighted by Crippen LogP contribution is -2.20. The molecule has 2 rings (SSSR count). The molecule has 0 aliphatic carbocycles. The lowest BCUT2D eigenvalue weighted by Gasteiger charge is -2.11. The molecule has 0 heterocycles. The average molecular weight is 380 g/mol. The third kappa shape index (κ3) is 5.06. The van der Waals surface area contributed by atoms with Crippen molar-refractivity contribution in [2.45, 2.75) is 26.2 Å². The van der Waals surface area contributed by atoms with Crippen molar-refractivity contribution in [3.8, 4) is 5.75 Å². The molecule has 2 aromatic rings. The van der Waals surface area contributed by atoms with Crippen molar-refractivity contribution >= 4 is 27.5 Å². The third-order valence-electron chi connectivity index (χ3n) is 3.64. The molecule has 0 aliphatic rings. The second-order valence-electron chi connectivity index (χ2n) is 5.34. The standard InChI is InChI=1S/C18H19BrFNO2/c1-3-12(2)13-4-7-15(8-5-13)23-11-18(22)21-17-9-6-14(19)10-16(17)20/h4-10,12H,3,11H2,1-2H3,(H,21,22)/t12-/m0/s1. The van der Waals surface area contributed by atoms with E-state index in [-0.39, 0.29) is 12.3 Å². The molecule has 2 aromatic carbocycles. The van der Waals surface area contributed by atoms with Crippen molar-refractivity contribution < 1.29 is 13.9 Å². The van der Waals surface area contributed by atoms with Crippen LogP contribution < -0.4 is 10.1 Å². The smallest absolute Gasteiger partial charge is 0.262 e. The van der Waals surface area contributed by atoms with E-state index in [4.69, 9.17) is 4.74 Å². The molecule has 1 amide bonds. The van der Waals surface area contributed by atoms with Crippen LogP contribution >= 0.6 is 15.9 Å². The number of hydrogen-bond donors (Lipinski definition) is 1. The van der Waals surface area contributed by atoms with Gasteiger partial charge in [0.1, 0.15) is 11.6 Å². The molecule has 1 atom stereocenters. The fourth-order valence-corrected chi connectivity index (χ4v) is 2.39. The Balaban J connectivity index is 1.89. The van der Waals surface area contributed by atoms with E-state index in [0.29, 0.717) is 16.1 Å². The number of benzene rings is 2. The molecule has 23 heavy (non-hydrogen) atoms. The summed E-state index contributed by atoms with van der Waals surface area (Å²) in [6.07, 6.45) is 1.07. The molecule has 0 unspecified atom stereocenters. The Morgan fingerprint density at radius 1 is 1.26 bits per heavy atom. The summed E-state index contributed by atoms with van der Waals surface area (Å²) in [5.41, 5.74) is 1.37. The molecule has 0 saturated carbocycles. The van der Waals surface area contributed by atoms with E-state index in [2.05, 4.69) is 35.1 Å². The van der Waals surface area contributed by atoms with Gasteiger partial charge in [0, 0.05) is 4.47 Å². The van der Waals surface area contributed by atoms with Gasteiger partial charge in [-0.15, -0.1) is 0 Å². The average Bonchev–Trinajstić information content (AvgIpc) is 2.55. The minimum absolute atomic E-state index is 0.133. The second-order valence-corrected chi connectivity index (χ2v) is 6.26. The summed E-state index contributed by atoms with van der Waals surface area (Å²) >= 11 is 3.17. The van der Waals surface area contributed by atoms with Crippen LogP contribution in [0.2, 0.25) is 0 Å². The number of rotatable bonds is 6. The molecule has 5 heteroatoms. The second kappa shape index (κ2) is 8.11. The van der Waals surface area contributed by atoms with Crippen LogP contribution in [0.25, 0.3) is 0 Å². The fraction of sp³-hybridized carbons (Fsp3) is 0.278. The van der Waals surface area contributed by atoms with Crippen molar-refractivity contribution in [3.63, 3.8) is 0 Å². The monoisotopic (exact) mass is 379 g/mol. The number of carbonyl (C=O) groups excluding carboxylic acids is 1. The number of hydrogen-bond acceptors (Lipinski definition) is 2. The first-order valence-electron chi connectivity index (χ1n) is 7.47. The molecule has 0 saturated heterocycles. The third-order valence-corrected chi connectivity index (χ3v) is 4.13. The van der Waals surface area contributed by atoms with Gasteiger partial charge in [-0.05, 0) is 48.2 Å². The maximum atomic E-state index is 13.6. The van der Waals surface area contributed by atoms with Gasteiger partial charge in [-0.1, -0.05) is 41.9 Å². The molecule has 0 aromatic heterocycles. The molecule has 3 nitrogen and oxygen atoms in total. The van der Waals surface area contributed by atoms with Crippen LogP contribution in [0.1, 0.15) is 31.7 Å². The van der Waals surface area contributed by atoms with Gasteiger partial charge in [0.15, 0.2) is 6.61 Å². The van der Waals surface area contributed by atoms with Gasteiger partial charge in [-0.2, -0.15) is 0 Å². The zero-order chi connectivity index (χ0) is 16.8. The van der Waals surface area contributed by atoms with E-state index in [1.54, 1.807) is 6.07 Å². The topological polar surface area (TPSA) is 38.3 Å². The molecule has 1 N–H and O–H groups in total. The van der Waals surface area contributed by atoms with Crippen LogP contribution in [0.3, 0.4) is 0 Å². The Labute approximate surface area is 144 Å². The number of nitrogens with one attached hydrogen (secondary N) is 1. The Bertz CT molecular complexity index is 673. The van der Waals surface area contributed by atoms with E-state index in [0.717, 1.165) is 6.42 Å². The van der Waals surface area contributed by atoms with Crippen LogP contribution in [0, 0.1) is 5.82 Å². The molecule has 0 bridgehead atoms. The van der Waals surface area contributed by atoms with Crippen LogP contribution in [0.15, 0.2) is 46.9 Å². The molecule has 0 fully saturated rings. The van der Waals surface area contributed by atoms with Crippen molar-refractivity contribution in [3.05, 3.63) is 58.3 Å². The molecule has 122 valence electrons. The fourth-order valence-electron chi connectivity index (χ4n) is 2.05. The summed E-state index contributed by atoms with van der Waals surface area (Å²) in [5.74, 6) is 0.207. The van der Waals surface area contributed by atoms with Crippen molar-refractivity contribution in [2.24, 2.45) is 0 Å². The Morgan fingerprint density at radius 2 is 1.96 bits per heavy atom. The van der Waals surface area contributed by atoms with Gasteiger partial charge in [-0.3, -0.25) is 4.79 Å². The maximum Gasteiger partial charge on any atom is 0.262 e. The summed E-state index contributed by atoms with van der Waals surface area (Å²) in [5, 5.41) is 2.49. The number of anilines is 1. The van der Waals surface area contributed by atoms with Crippen molar-refractivity contribution in [1.29, 1.82) is 0 Å². The zero-order valence-electron chi connectivity index (χ0n) is 13.1.